The topological polar surface area (TPSA) is 67.0 Å². The summed E-state index contributed by atoms with van der Waals surface area (Å²) in [6.45, 7) is 9.00. The smallest absolute Gasteiger partial charge is 0.146 e. The van der Waals surface area contributed by atoms with Crippen molar-refractivity contribution in [1.29, 1.82) is 10.5 Å². The van der Waals surface area contributed by atoms with Gasteiger partial charge in [0.1, 0.15) is 17.4 Å². The highest BCUT2D eigenvalue weighted by molar-refractivity contribution is 5.54. The number of nitrogens with zero attached hydrogens (tertiary/aromatic N) is 5. The molecule has 2 rings (SSSR count). The van der Waals surface area contributed by atoms with Gasteiger partial charge in [-0.2, -0.15) is 10.5 Å². The zero-order chi connectivity index (χ0) is 14.8. The third-order valence-corrected chi connectivity index (χ3v) is 3.78. The SMILES string of the molecule is Cc1ccc(C#N)c(N2CCN(C(C)(C)C#N)CC2)n1. The molecule has 0 bridgehead atoms. The van der Waals surface area contributed by atoms with Gasteiger partial charge in [0.2, 0.25) is 0 Å². The highest BCUT2D eigenvalue weighted by Crippen LogP contribution is 2.22. The van der Waals surface area contributed by atoms with Crippen molar-refractivity contribution < 1.29 is 0 Å². The lowest BCUT2D eigenvalue weighted by atomic mass is 10.0. The molecule has 2 heterocycles. The van der Waals surface area contributed by atoms with E-state index in [2.05, 4.69) is 26.9 Å². The number of pyridine rings is 1. The monoisotopic (exact) mass is 269 g/mol. The molecular weight excluding hydrogens is 250 g/mol. The zero-order valence-corrected chi connectivity index (χ0v) is 12.2. The van der Waals surface area contributed by atoms with Crippen molar-refractivity contribution in [3.05, 3.63) is 23.4 Å². The largest absolute Gasteiger partial charge is 0.353 e. The molecule has 1 saturated heterocycles. The first-order valence-corrected chi connectivity index (χ1v) is 6.77. The molecule has 20 heavy (non-hydrogen) atoms. The number of anilines is 1. The molecule has 0 atom stereocenters. The number of nitriles is 2. The van der Waals surface area contributed by atoms with Crippen LogP contribution in [-0.2, 0) is 0 Å². The molecule has 104 valence electrons. The van der Waals surface area contributed by atoms with Gasteiger partial charge >= 0.3 is 0 Å². The van der Waals surface area contributed by atoms with Crippen LogP contribution in [0.15, 0.2) is 12.1 Å². The van der Waals surface area contributed by atoms with Crippen LogP contribution >= 0.6 is 0 Å². The van der Waals surface area contributed by atoms with Crippen LogP contribution in [0.25, 0.3) is 0 Å². The summed E-state index contributed by atoms with van der Waals surface area (Å²) >= 11 is 0. The molecule has 0 saturated carbocycles. The maximum atomic E-state index is 9.19. The molecule has 0 spiro atoms. The Morgan fingerprint density at radius 1 is 1.15 bits per heavy atom. The Bertz CT molecular complexity index is 571. The van der Waals surface area contributed by atoms with E-state index in [9.17, 15) is 10.5 Å². The summed E-state index contributed by atoms with van der Waals surface area (Å²) in [5.41, 5.74) is 1.09. The Morgan fingerprint density at radius 3 is 2.35 bits per heavy atom. The zero-order valence-electron chi connectivity index (χ0n) is 12.2. The summed E-state index contributed by atoms with van der Waals surface area (Å²) < 4.78 is 0. The number of piperazine rings is 1. The van der Waals surface area contributed by atoms with Gasteiger partial charge < -0.3 is 4.90 Å². The van der Waals surface area contributed by atoms with Crippen LogP contribution in [0.5, 0.6) is 0 Å². The van der Waals surface area contributed by atoms with E-state index < -0.39 is 5.54 Å². The number of hydrogen-bond donors (Lipinski definition) is 0. The van der Waals surface area contributed by atoms with E-state index in [1.807, 2.05) is 32.9 Å². The third kappa shape index (κ3) is 2.74. The van der Waals surface area contributed by atoms with Crippen LogP contribution in [0.3, 0.4) is 0 Å². The molecule has 0 amide bonds. The maximum absolute atomic E-state index is 9.19. The van der Waals surface area contributed by atoms with Crippen molar-refractivity contribution >= 4 is 5.82 Å². The number of rotatable bonds is 2. The van der Waals surface area contributed by atoms with Gasteiger partial charge in [0.05, 0.1) is 11.6 Å². The van der Waals surface area contributed by atoms with Crippen LogP contribution in [0.1, 0.15) is 25.1 Å². The van der Waals surface area contributed by atoms with Crippen molar-refractivity contribution in [1.82, 2.24) is 9.88 Å². The van der Waals surface area contributed by atoms with Gasteiger partial charge in [-0.25, -0.2) is 4.98 Å². The molecule has 0 N–H and O–H groups in total. The lowest BCUT2D eigenvalue weighted by molar-refractivity contribution is 0.157. The Kier molecular flexibility index (Phi) is 3.92. The average molecular weight is 269 g/mol. The lowest BCUT2D eigenvalue weighted by Crippen LogP contribution is -2.54. The first kappa shape index (κ1) is 14.3. The van der Waals surface area contributed by atoms with Gasteiger partial charge in [0.15, 0.2) is 0 Å². The minimum atomic E-state index is -0.440. The molecule has 5 heteroatoms. The molecule has 0 aromatic carbocycles. The Hall–Kier alpha value is -2.11. The summed E-state index contributed by atoms with van der Waals surface area (Å²) in [5.74, 6) is 0.766. The van der Waals surface area contributed by atoms with Crippen molar-refractivity contribution in [3.63, 3.8) is 0 Å². The first-order valence-electron chi connectivity index (χ1n) is 6.77. The number of aryl methyl sites for hydroxylation is 1. The van der Waals surface area contributed by atoms with Crippen LogP contribution in [0, 0.1) is 29.6 Å². The van der Waals surface area contributed by atoms with Gasteiger partial charge in [-0.3, -0.25) is 4.90 Å². The summed E-state index contributed by atoms with van der Waals surface area (Å²) in [7, 11) is 0. The van der Waals surface area contributed by atoms with Gasteiger partial charge in [-0.05, 0) is 32.9 Å². The maximum Gasteiger partial charge on any atom is 0.146 e. The molecule has 1 aromatic heterocycles. The molecule has 1 fully saturated rings. The predicted octanol–water partition coefficient (Wildman–Crippen LogP) is 1.69. The average Bonchev–Trinajstić information content (AvgIpc) is 2.47. The molecule has 1 aliphatic heterocycles. The molecule has 0 radical (unpaired) electrons. The fraction of sp³-hybridized carbons (Fsp3) is 0.533. The van der Waals surface area contributed by atoms with Gasteiger partial charge in [0.25, 0.3) is 0 Å². The van der Waals surface area contributed by atoms with Crippen molar-refractivity contribution in [2.75, 3.05) is 31.1 Å². The van der Waals surface area contributed by atoms with E-state index in [4.69, 9.17) is 0 Å². The van der Waals surface area contributed by atoms with Crippen LogP contribution in [-0.4, -0.2) is 41.6 Å². The summed E-state index contributed by atoms with van der Waals surface area (Å²) in [4.78, 5) is 8.80. The Labute approximate surface area is 120 Å². The van der Waals surface area contributed by atoms with Crippen molar-refractivity contribution in [2.24, 2.45) is 0 Å². The molecule has 0 unspecified atom stereocenters. The summed E-state index contributed by atoms with van der Waals surface area (Å²) in [6.07, 6.45) is 0. The first-order chi connectivity index (χ1) is 9.47. The molecule has 1 aromatic rings. The molecule has 5 nitrogen and oxygen atoms in total. The van der Waals surface area contributed by atoms with Gasteiger partial charge in [-0.1, -0.05) is 0 Å². The van der Waals surface area contributed by atoms with E-state index in [0.717, 1.165) is 37.7 Å². The Balaban J connectivity index is 2.14. The second-order valence-corrected chi connectivity index (χ2v) is 5.58. The van der Waals surface area contributed by atoms with E-state index in [1.165, 1.54) is 0 Å². The number of aromatic nitrogens is 1. The van der Waals surface area contributed by atoms with E-state index >= 15 is 0 Å². The van der Waals surface area contributed by atoms with Crippen molar-refractivity contribution in [3.8, 4) is 12.1 Å². The minimum Gasteiger partial charge on any atom is -0.353 e. The van der Waals surface area contributed by atoms with E-state index in [1.54, 1.807) is 0 Å². The standard InChI is InChI=1S/C15H19N5/c1-12-4-5-13(10-16)14(18-12)19-6-8-20(9-7-19)15(2,3)11-17/h4-5H,6-9H2,1-3H3. The van der Waals surface area contributed by atoms with Crippen LogP contribution < -0.4 is 4.90 Å². The predicted molar refractivity (Wildman–Crippen MR) is 77.2 cm³/mol. The molecule has 0 aliphatic carbocycles. The highest BCUT2D eigenvalue weighted by atomic mass is 15.3. The normalized spacial score (nSPS) is 16.6. The second kappa shape index (κ2) is 5.48. The van der Waals surface area contributed by atoms with Crippen LogP contribution in [0.2, 0.25) is 0 Å². The molecule has 1 aliphatic rings. The molecular formula is C15H19N5. The van der Waals surface area contributed by atoms with E-state index in [0.29, 0.717) is 5.56 Å². The third-order valence-electron chi connectivity index (χ3n) is 3.78. The lowest BCUT2D eigenvalue weighted by Gasteiger charge is -2.41. The van der Waals surface area contributed by atoms with Crippen LogP contribution in [0.4, 0.5) is 5.82 Å². The van der Waals surface area contributed by atoms with Gasteiger partial charge in [0, 0.05) is 31.9 Å². The minimum absolute atomic E-state index is 0.440. The highest BCUT2D eigenvalue weighted by Gasteiger charge is 2.30. The van der Waals surface area contributed by atoms with E-state index in [-0.39, 0.29) is 0 Å². The van der Waals surface area contributed by atoms with Gasteiger partial charge in [-0.15, -0.1) is 0 Å². The summed E-state index contributed by atoms with van der Waals surface area (Å²) in [5, 5.41) is 18.4. The summed E-state index contributed by atoms with van der Waals surface area (Å²) in [6, 6.07) is 8.22. The fourth-order valence-electron chi connectivity index (χ4n) is 2.42. The van der Waals surface area contributed by atoms with Crippen molar-refractivity contribution in [2.45, 2.75) is 26.3 Å². The Morgan fingerprint density at radius 2 is 1.80 bits per heavy atom. The second-order valence-electron chi connectivity index (χ2n) is 5.58. The quantitative estimate of drug-likeness (QED) is 0.817. The number of hydrogen-bond acceptors (Lipinski definition) is 5. The fourth-order valence-corrected chi connectivity index (χ4v) is 2.42.